The van der Waals surface area contributed by atoms with Crippen molar-refractivity contribution in [3.05, 3.63) is 90.3 Å². The van der Waals surface area contributed by atoms with E-state index in [1.165, 1.54) is 12.1 Å². The van der Waals surface area contributed by atoms with Crippen LogP contribution in [-0.4, -0.2) is 17.9 Å². The van der Waals surface area contributed by atoms with Crippen LogP contribution in [0.4, 0.5) is 4.39 Å². The van der Waals surface area contributed by atoms with Crippen molar-refractivity contribution in [1.29, 1.82) is 0 Å². The maximum atomic E-state index is 13.7. The zero-order valence-corrected chi connectivity index (χ0v) is 21.6. The molecule has 1 aliphatic heterocycles. The number of benzene rings is 1. The minimum atomic E-state index is -0.272. The lowest BCUT2D eigenvalue weighted by atomic mass is 9.55. The molecule has 0 radical (unpaired) electrons. The molecule has 2 aliphatic carbocycles. The first-order valence-corrected chi connectivity index (χ1v) is 13.0. The van der Waals surface area contributed by atoms with Crippen LogP contribution in [0, 0.1) is 41.3 Å². The number of fused-ring (bicyclic) bond motifs is 2. The van der Waals surface area contributed by atoms with Crippen molar-refractivity contribution < 1.29 is 18.7 Å². The molecule has 4 rings (SSSR count). The van der Waals surface area contributed by atoms with Crippen LogP contribution >= 0.6 is 0 Å². The first kappa shape index (κ1) is 26.1. The number of rotatable bonds is 7. The fourth-order valence-electron chi connectivity index (χ4n) is 6.71. The van der Waals surface area contributed by atoms with Crippen LogP contribution in [0.3, 0.4) is 0 Å². The quantitative estimate of drug-likeness (QED) is 0.230. The molecule has 3 fully saturated rings. The summed E-state index contributed by atoms with van der Waals surface area (Å²) in [6, 6.07) is 6.50. The van der Waals surface area contributed by atoms with Crippen LogP contribution in [0.5, 0.6) is 0 Å². The fraction of sp³-hybridized carbons (Fsp3) is 0.438. The summed E-state index contributed by atoms with van der Waals surface area (Å²) >= 11 is 0. The second-order valence-electron chi connectivity index (χ2n) is 10.8. The smallest absolute Gasteiger partial charge is 0.309 e. The Labute approximate surface area is 214 Å². The van der Waals surface area contributed by atoms with Gasteiger partial charge in [-0.05, 0) is 99.0 Å². The van der Waals surface area contributed by atoms with Crippen molar-refractivity contribution in [2.75, 3.05) is 0 Å². The molecule has 1 heterocycles. The van der Waals surface area contributed by atoms with E-state index in [4.69, 9.17) is 4.74 Å². The number of ether oxygens (including phenoxy) is 1. The molecule has 0 spiro atoms. The van der Waals surface area contributed by atoms with Crippen molar-refractivity contribution in [3.63, 3.8) is 0 Å². The van der Waals surface area contributed by atoms with Crippen LogP contribution in [0.1, 0.15) is 52.0 Å². The van der Waals surface area contributed by atoms with Gasteiger partial charge in [-0.1, -0.05) is 61.2 Å². The van der Waals surface area contributed by atoms with E-state index in [-0.39, 0.29) is 47.3 Å². The second kappa shape index (κ2) is 10.9. The van der Waals surface area contributed by atoms with Crippen LogP contribution in [0.2, 0.25) is 0 Å². The van der Waals surface area contributed by atoms with Crippen molar-refractivity contribution in [1.82, 2.24) is 0 Å². The van der Waals surface area contributed by atoms with Crippen LogP contribution in [-0.2, 0) is 14.3 Å². The van der Waals surface area contributed by atoms with E-state index >= 15 is 0 Å². The van der Waals surface area contributed by atoms with Crippen LogP contribution in [0.15, 0.2) is 78.9 Å². The van der Waals surface area contributed by atoms with Gasteiger partial charge in [0.1, 0.15) is 11.9 Å². The number of hydrogen-bond donors (Lipinski definition) is 0. The molecule has 0 N–H and O–H groups in total. The summed E-state index contributed by atoms with van der Waals surface area (Å²) in [5.74, 6) is 1.15. The molecule has 3 nitrogen and oxygen atoms in total. The molecule has 1 saturated heterocycles. The normalized spacial score (nSPS) is 32.6. The number of carbonyl (C=O) groups is 2. The monoisotopic (exact) mass is 488 g/mol. The van der Waals surface area contributed by atoms with Gasteiger partial charge in [-0.25, -0.2) is 4.39 Å². The Hall–Kier alpha value is -3.01. The van der Waals surface area contributed by atoms with E-state index in [2.05, 4.69) is 25.3 Å². The summed E-state index contributed by atoms with van der Waals surface area (Å²) in [6.45, 7) is 13.6. The summed E-state index contributed by atoms with van der Waals surface area (Å²) < 4.78 is 19.4. The maximum absolute atomic E-state index is 13.7. The summed E-state index contributed by atoms with van der Waals surface area (Å²) in [7, 11) is 0. The Balaban J connectivity index is 1.57. The van der Waals surface area contributed by atoms with Crippen molar-refractivity contribution >= 4 is 17.3 Å². The number of cyclic esters (lactones) is 1. The summed E-state index contributed by atoms with van der Waals surface area (Å²) in [5.41, 5.74) is 3.44. The Morgan fingerprint density at radius 2 is 1.94 bits per heavy atom. The Morgan fingerprint density at radius 1 is 1.17 bits per heavy atom. The second-order valence-corrected chi connectivity index (χ2v) is 10.8. The lowest BCUT2D eigenvalue weighted by molar-refractivity contribution is -0.144. The van der Waals surface area contributed by atoms with Crippen molar-refractivity contribution in [3.8, 4) is 0 Å². The van der Waals surface area contributed by atoms with Gasteiger partial charge < -0.3 is 4.74 Å². The highest BCUT2D eigenvalue weighted by atomic mass is 19.1. The van der Waals surface area contributed by atoms with Crippen molar-refractivity contribution in [2.24, 2.45) is 35.5 Å². The van der Waals surface area contributed by atoms with Gasteiger partial charge in [-0.3, -0.25) is 9.59 Å². The van der Waals surface area contributed by atoms with E-state index < -0.39 is 0 Å². The third-order valence-electron chi connectivity index (χ3n) is 8.58. The minimum absolute atomic E-state index is 0.0715. The SMILES string of the molecule is C=C\C(=C/C=C(C)/C=C/[C@H]1[C@@H]2CC[C@@H](C(=C)C(C)=O)C[C@H]2C[C@H]2C(=O)O[C@H](C)[C@@H]12)c1cccc(F)c1. The average molecular weight is 489 g/mol. The fourth-order valence-corrected chi connectivity index (χ4v) is 6.71. The Kier molecular flexibility index (Phi) is 7.92. The molecule has 4 heteroatoms. The topological polar surface area (TPSA) is 43.4 Å². The lowest BCUT2D eigenvalue weighted by Gasteiger charge is -2.47. The standard InChI is InChI=1S/C32H37FO3/c1-6-23(25-8-7-9-27(33)17-25)12-10-19(2)11-14-29-28-15-13-24(20(3)21(4)34)16-26(28)18-30-31(29)22(5)36-32(30)35/h6-12,14,17,22,24,26,28-31H,1,3,13,15-16,18H2,2,4-5H3/b14-11+,19-10+,23-12+/t22-,24-,26+,28-,29+,30-,31+/m1/s1. The first-order valence-electron chi connectivity index (χ1n) is 13.0. The van der Waals surface area contributed by atoms with Gasteiger partial charge in [0.2, 0.25) is 0 Å². The largest absolute Gasteiger partial charge is 0.462 e. The van der Waals surface area contributed by atoms with E-state index in [0.717, 1.165) is 48.0 Å². The Morgan fingerprint density at radius 3 is 2.64 bits per heavy atom. The Bertz CT molecular complexity index is 1140. The van der Waals surface area contributed by atoms with Gasteiger partial charge in [-0.15, -0.1) is 0 Å². The van der Waals surface area contributed by atoms with E-state index in [0.29, 0.717) is 11.8 Å². The number of ketones is 1. The third kappa shape index (κ3) is 5.38. The van der Waals surface area contributed by atoms with Crippen molar-refractivity contribution in [2.45, 2.75) is 52.6 Å². The molecule has 7 atom stereocenters. The zero-order valence-electron chi connectivity index (χ0n) is 21.6. The average Bonchev–Trinajstić information content (AvgIpc) is 3.14. The number of allylic oxidation sites excluding steroid dienone is 8. The number of Topliss-reactive ketones (excluding diaryl/α,β-unsaturated/α-hetero) is 1. The maximum Gasteiger partial charge on any atom is 0.309 e. The number of carbonyl (C=O) groups excluding carboxylic acids is 2. The van der Waals surface area contributed by atoms with E-state index in [9.17, 15) is 14.0 Å². The molecule has 0 unspecified atom stereocenters. The molecule has 0 aromatic heterocycles. The third-order valence-corrected chi connectivity index (χ3v) is 8.58. The molecule has 190 valence electrons. The molecule has 0 bridgehead atoms. The number of hydrogen-bond acceptors (Lipinski definition) is 3. The molecule has 1 aromatic rings. The van der Waals surface area contributed by atoms with Gasteiger partial charge in [0.05, 0.1) is 5.92 Å². The summed E-state index contributed by atoms with van der Waals surface area (Å²) in [4.78, 5) is 24.6. The summed E-state index contributed by atoms with van der Waals surface area (Å²) in [6.07, 6.45) is 13.8. The lowest BCUT2D eigenvalue weighted by Crippen LogP contribution is -2.44. The highest BCUT2D eigenvalue weighted by molar-refractivity contribution is 5.93. The van der Waals surface area contributed by atoms with Gasteiger partial charge in [0.15, 0.2) is 5.78 Å². The summed E-state index contributed by atoms with van der Waals surface area (Å²) in [5, 5.41) is 0. The first-order chi connectivity index (χ1) is 17.2. The number of halogens is 1. The zero-order chi connectivity index (χ0) is 26.0. The minimum Gasteiger partial charge on any atom is -0.462 e. The molecule has 36 heavy (non-hydrogen) atoms. The molecule has 1 aromatic carbocycles. The molecular formula is C32H37FO3. The van der Waals surface area contributed by atoms with Crippen LogP contribution in [0.25, 0.3) is 5.57 Å². The molecule has 0 amide bonds. The predicted molar refractivity (Wildman–Crippen MR) is 142 cm³/mol. The highest BCUT2D eigenvalue weighted by Crippen LogP contribution is 2.55. The van der Waals surface area contributed by atoms with Gasteiger partial charge in [0, 0.05) is 5.92 Å². The van der Waals surface area contributed by atoms with E-state index in [1.54, 1.807) is 19.1 Å². The number of esters is 1. The van der Waals surface area contributed by atoms with E-state index in [1.807, 2.05) is 32.1 Å². The van der Waals surface area contributed by atoms with Gasteiger partial charge in [0.25, 0.3) is 0 Å². The molecular weight excluding hydrogens is 451 g/mol. The molecule has 2 saturated carbocycles. The highest BCUT2D eigenvalue weighted by Gasteiger charge is 2.54. The van der Waals surface area contributed by atoms with Crippen LogP contribution < -0.4 is 0 Å². The predicted octanol–water partition coefficient (Wildman–Crippen LogP) is 7.27. The van der Waals surface area contributed by atoms with Gasteiger partial charge >= 0.3 is 5.97 Å². The van der Waals surface area contributed by atoms with Gasteiger partial charge in [-0.2, -0.15) is 0 Å². The molecule has 3 aliphatic rings.